The Labute approximate surface area is 121 Å². The van der Waals surface area contributed by atoms with Gasteiger partial charge < -0.3 is 5.32 Å². The third-order valence-corrected chi connectivity index (χ3v) is 3.06. The highest BCUT2D eigenvalue weighted by Gasteiger charge is 2.33. The van der Waals surface area contributed by atoms with Gasteiger partial charge in [0.1, 0.15) is 17.9 Å². The van der Waals surface area contributed by atoms with E-state index in [-0.39, 0.29) is 5.39 Å². The largest absolute Gasteiger partial charge is 0.433 e. The van der Waals surface area contributed by atoms with Crippen LogP contribution in [0.3, 0.4) is 0 Å². The summed E-state index contributed by atoms with van der Waals surface area (Å²) in [5, 5.41) is 2.07. The van der Waals surface area contributed by atoms with Gasteiger partial charge in [-0.15, -0.1) is 0 Å². The first kappa shape index (κ1) is 15.7. The van der Waals surface area contributed by atoms with Crippen molar-refractivity contribution in [2.75, 3.05) is 7.05 Å². The lowest BCUT2D eigenvalue weighted by molar-refractivity contribution is -0.141. The van der Waals surface area contributed by atoms with Crippen LogP contribution in [0.4, 0.5) is 13.2 Å². The van der Waals surface area contributed by atoms with E-state index in [1.807, 2.05) is 0 Å². The SMILES string of the molecule is CNC(=O)Cn1c(=O)c2ccc(C(F)(F)F)nc2n(C)c1=O. The van der Waals surface area contributed by atoms with E-state index in [9.17, 15) is 27.6 Å². The number of halogens is 3. The number of likely N-dealkylation sites (N-methyl/N-ethyl adjacent to an activating group) is 1. The van der Waals surface area contributed by atoms with Crippen molar-refractivity contribution < 1.29 is 18.0 Å². The van der Waals surface area contributed by atoms with Gasteiger partial charge in [-0.3, -0.25) is 18.7 Å². The van der Waals surface area contributed by atoms with Crippen molar-refractivity contribution in [2.45, 2.75) is 12.7 Å². The van der Waals surface area contributed by atoms with Gasteiger partial charge in [0.2, 0.25) is 5.91 Å². The number of alkyl halides is 3. The van der Waals surface area contributed by atoms with E-state index in [4.69, 9.17) is 0 Å². The van der Waals surface area contributed by atoms with Crippen LogP contribution >= 0.6 is 0 Å². The third-order valence-electron chi connectivity index (χ3n) is 3.06. The standard InChI is InChI=1S/C12H11F3N4O3/c1-16-8(20)5-19-10(21)6-3-4-7(12(13,14)15)17-9(6)18(2)11(19)22/h3-4H,5H2,1-2H3,(H,16,20). The second-order valence-corrected chi connectivity index (χ2v) is 4.47. The van der Waals surface area contributed by atoms with Crippen LogP contribution in [0, 0.1) is 0 Å². The predicted octanol–water partition coefficient (Wildman–Crippen LogP) is -0.140. The molecule has 2 heterocycles. The van der Waals surface area contributed by atoms with Crippen molar-refractivity contribution >= 4 is 16.9 Å². The normalized spacial score (nSPS) is 11.7. The highest BCUT2D eigenvalue weighted by Crippen LogP contribution is 2.28. The summed E-state index contributed by atoms with van der Waals surface area (Å²) in [6.45, 7) is -0.529. The number of aromatic nitrogens is 3. The molecule has 0 aromatic carbocycles. The van der Waals surface area contributed by atoms with Crippen LogP contribution in [0.15, 0.2) is 21.7 Å². The number of hydrogen-bond donors (Lipinski definition) is 1. The molecule has 7 nitrogen and oxygen atoms in total. The van der Waals surface area contributed by atoms with E-state index in [0.717, 1.165) is 10.6 Å². The summed E-state index contributed by atoms with van der Waals surface area (Å²) in [5.74, 6) is -0.585. The van der Waals surface area contributed by atoms with Crippen molar-refractivity contribution in [3.8, 4) is 0 Å². The van der Waals surface area contributed by atoms with E-state index in [0.29, 0.717) is 10.6 Å². The maximum Gasteiger partial charge on any atom is 0.433 e. The smallest absolute Gasteiger partial charge is 0.358 e. The van der Waals surface area contributed by atoms with Gasteiger partial charge in [0.05, 0.1) is 5.39 Å². The second-order valence-electron chi connectivity index (χ2n) is 4.47. The topological polar surface area (TPSA) is 86.0 Å². The van der Waals surface area contributed by atoms with E-state index in [1.165, 1.54) is 14.1 Å². The zero-order valence-corrected chi connectivity index (χ0v) is 11.6. The summed E-state index contributed by atoms with van der Waals surface area (Å²) in [6.07, 6.45) is -4.69. The van der Waals surface area contributed by atoms with Crippen molar-refractivity contribution in [3.05, 3.63) is 38.7 Å². The van der Waals surface area contributed by atoms with Gasteiger partial charge in [0.15, 0.2) is 0 Å². The van der Waals surface area contributed by atoms with Crippen molar-refractivity contribution in [3.63, 3.8) is 0 Å². The maximum atomic E-state index is 12.7. The lowest BCUT2D eigenvalue weighted by atomic mass is 10.2. The monoisotopic (exact) mass is 316 g/mol. The van der Waals surface area contributed by atoms with Gasteiger partial charge >= 0.3 is 11.9 Å². The van der Waals surface area contributed by atoms with Crippen molar-refractivity contribution in [1.29, 1.82) is 0 Å². The quantitative estimate of drug-likeness (QED) is 0.835. The molecule has 1 amide bonds. The molecule has 118 valence electrons. The average molecular weight is 316 g/mol. The minimum absolute atomic E-state index is 0.181. The number of nitrogens with one attached hydrogen (secondary N) is 1. The number of hydrogen-bond acceptors (Lipinski definition) is 4. The van der Waals surface area contributed by atoms with Gasteiger partial charge in [0.25, 0.3) is 5.56 Å². The Morgan fingerprint density at radius 2 is 1.95 bits per heavy atom. The van der Waals surface area contributed by atoms with Gasteiger partial charge in [-0.25, -0.2) is 9.78 Å². The molecule has 0 atom stereocenters. The van der Waals surface area contributed by atoms with Gasteiger partial charge in [-0.05, 0) is 12.1 Å². The first-order valence-corrected chi connectivity index (χ1v) is 6.05. The molecule has 2 aromatic rings. The van der Waals surface area contributed by atoms with Crippen LogP contribution in [0.2, 0.25) is 0 Å². The van der Waals surface area contributed by atoms with Crippen LogP contribution in [0.5, 0.6) is 0 Å². The molecule has 0 saturated carbocycles. The minimum atomic E-state index is -4.69. The fraction of sp³-hybridized carbons (Fsp3) is 0.333. The van der Waals surface area contributed by atoms with Gasteiger partial charge in [-0.1, -0.05) is 0 Å². The Kier molecular flexibility index (Phi) is 3.77. The second kappa shape index (κ2) is 5.28. The summed E-state index contributed by atoms with van der Waals surface area (Å²) in [4.78, 5) is 38.9. The van der Waals surface area contributed by atoms with Gasteiger partial charge in [0, 0.05) is 14.1 Å². The summed E-state index contributed by atoms with van der Waals surface area (Å²) >= 11 is 0. The van der Waals surface area contributed by atoms with Crippen LogP contribution in [0.25, 0.3) is 11.0 Å². The molecule has 0 unspecified atom stereocenters. The number of nitrogens with zero attached hydrogens (tertiary/aromatic N) is 3. The molecule has 0 aliphatic heterocycles. The Balaban J connectivity index is 2.78. The van der Waals surface area contributed by atoms with E-state index in [2.05, 4.69) is 10.3 Å². The summed E-state index contributed by atoms with van der Waals surface area (Å²) in [5.41, 5.74) is -3.40. The maximum absolute atomic E-state index is 12.7. The third kappa shape index (κ3) is 2.59. The summed E-state index contributed by atoms with van der Waals surface area (Å²) in [6, 6.07) is 1.59. The van der Waals surface area contributed by atoms with Crippen LogP contribution in [0.1, 0.15) is 5.69 Å². The summed E-state index contributed by atoms with van der Waals surface area (Å²) in [7, 11) is 2.51. The van der Waals surface area contributed by atoms with Crippen molar-refractivity contribution in [1.82, 2.24) is 19.4 Å². The molecule has 1 N–H and O–H groups in total. The number of fused-ring (bicyclic) bond motifs is 1. The zero-order valence-electron chi connectivity index (χ0n) is 11.6. The van der Waals surface area contributed by atoms with Crippen LogP contribution in [-0.4, -0.2) is 27.1 Å². The Morgan fingerprint density at radius 1 is 1.32 bits per heavy atom. The molecular formula is C12H11F3N4O3. The predicted molar refractivity (Wildman–Crippen MR) is 70.3 cm³/mol. The molecule has 2 rings (SSSR count). The average Bonchev–Trinajstić information content (AvgIpc) is 2.47. The molecule has 2 aromatic heterocycles. The molecule has 0 spiro atoms. The molecule has 0 aliphatic carbocycles. The number of carbonyl (C=O) groups excluding carboxylic acids is 1. The molecule has 0 fully saturated rings. The first-order valence-electron chi connectivity index (χ1n) is 6.05. The van der Waals surface area contributed by atoms with E-state index < -0.39 is 41.2 Å². The highest BCUT2D eigenvalue weighted by molar-refractivity contribution is 5.77. The molecular weight excluding hydrogens is 305 g/mol. The fourth-order valence-electron chi connectivity index (χ4n) is 1.89. The zero-order chi connectivity index (χ0) is 16.7. The van der Waals surface area contributed by atoms with E-state index >= 15 is 0 Å². The van der Waals surface area contributed by atoms with Crippen LogP contribution in [-0.2, 0) is 24.6 Å². The first-order chi connectivity index (χ1) is 10.2. The van der Waals surface area contributed by atoms with E-state index in [1.54, 1.807) is 0 Å². The molecule has 0 radical (unpaired) electrons. The molecule has 10 heteroatoms. The number of aryl methyl sites for hydroxylation is 1. The number of rotatable bonds is 2. The lowest BCUT2D eigenvalue weighted by Gasteiger charge is -2.11. The van der Waals surface area contributed by atoms with Crippen molar-refractivity contribution in [2.24, 2.45) is 7.05 Å². The number of amides is 1. The highest BCUT2D eigenvalue weighted by atomic mass is 19.4. The number of pyridine rings is 1. The van der Waals surface area contributed by atoms with Gasteiger partial charge in [-0.2, -0.15) is 13.2 Å². The Morgan fingerprint density at radius 3 is 2.50 bits per heavy atom. The molecule has 0 saturated heterocycles. The van der Waals surface area contributed by atoms with Crippen LogP contribution < -0.4 is 16.6 Å². The fourth-order valence-corrected chi connectivity index (χ4v) is 1.89. The lowest BCUT2D eigenvalue weighted by Crippen LogP contribution is -2.43. The minimum Gasteiger partial charge on any atom is -0.358 e. The summed E-state index contributed by atoms with van der Waals surface area (Å²) < 4.78 is 39.4. The molecule has 0 aliphatic rings. The number of carbonyl (C=O) groups is 1. The Hall–Kier alpha value is -2.65. The molecule has 22 heavy (non-hydrogen) atoms. The molecule has 0 bridgehead atoms. The Bertz CT molecular complexity index is 867.